The number of alkyl halides is 3. The molecule has 36 heavy (non-hydrogen) atoms. The maximum atomic E-state index is 13.1. The number of sulfonamides is 1. The van der Waals surface area contributed by atoms with Crippen LogP contribution in [0.5, 0.6) is 5.75 Å². The third-order valence-corrected chi connectivity index (χ3v) is 7.04. The molecular weight excluding hydrogens is 503 g/mol. The zero-order chi connectivity index (χ0) is 26.8. The number of nitrogens with one attached hydrogen (secondary N) is 1. The molecule has 0 aliphatic carbocycles. The maximum absolute atomic E-state index is 13.1. The molecule has 9 nitrogen and oxygen atoms in total. The number of hydrogen-bond donors (Lipinski definition) is 2. The molecule has 1 aliphatic heterocycles. The average molecular weight is 532 g/mol. The van der Waals surface area contributed by atoms with Crippen molar-refractivity contribution in [3.63, 3.8) is 0 Å². The van der Waals surface area contributed by atoms with E-state index in [-0.39, 0.29) is 24.7 Å². The van der Waals surface area contributed by atoms with Crippen molar-refractivity contribution in [1.82, 2.24) is 14.5 Å². The summed E-state index contributed by atoms with van der Waals surface area (Å²) in [5, 5.41) is 10.3. The Morgan fingerprint density at radius 2 is 1.61 bits per heavy atom. The second-order valence-electron chi connectivity index (χ2n) is 7.67. The highest BCUT2D eigenvalue weighted by Gasteiger charge is 2.38. The van der Waals surface area contributed by atoms with Gasteiger partial charge in [-0.2, -0.15) is 17.5 Å². The summed E-state index contributed by atoms with van der Waals surface area (Å²) in [6, 6.07) is 16.4. The number of piperazine rings is 1. The van der Waals surface area contributed by atoms with Gasteiger partial charge in [0.2, 0.25) is 10.0 Å². The van der Waals surface area contributed by atoms with Gasteiger partial charge in [-0.15, -0.1) is 0 Å². The smallest absolute Gasteiger partial charge is 0.490 e. The Labute approximate surface area is 207 Å². The Morgan fingerprint density at radius 3 is 2.17 bits per heavy atom. The standard InChI is InChI=1S/C21H27N3O4S.C2HF3O2/c1-28-20-10-6-5-9-19(20)17-23(21(25)18-7-3-2-4-8-18)15-16-29(26,27)24-13-11-22-12-14-24;3-2(4,5)1(6)7/h2-10,22H,11-17H2,1H3;(H,6,7). The largest absolute Gasteiger partial charge is 0.496 e. The molecule has 13 heteroatoms. The molecule has 1 amide bonds. The first-order valence-corrected chi connectivity index (χ1v) is 12.5. The first-order valence-electron chi connectivity index (χ1n) is 10.9. The minimum absolute atomic E-state index is 0.109. The van der Waals surface area contributed by atoms with Crippen LogP contribution in [0, 0.1) is 0 Å². The van der Waals surface area contributed by atoms with Crippen molar-refractivity contribution >= 4 is 21.9 Å². The Hall–Kier alpha value is -3.16. The van der Waals surface area contributed by atoms with E-state index in [1.165, 1.54) is 4.31 Å². The molecule has 0 radical (unpaired) electrons. The van der Waals surface area contributed by atoms with Crippen LogP contribution in [0.2, 0.25) is 0 Å². The highest BCUT2D eigenvalue weighted by molar-refractivity contribution is 7.89. The minimum Gasteiger partial charge on any atom is -0.496 e. The summed E-state index contributed by atoms with van der Waals surface area (Å²) in [4.78, 5) is 23.6. The quantitative estimate of drug-likeness (QED) is 0.537. The lowest BCUT2D eigenvalue weighted by molar-refractivity contribution is -0.192. The summed E-state index contributed by atoms with van der Waals surface area (Å²) < 4.78 is 64.2. The molecule has 0 unspecified atom stereocenters. The first kappa shape index (κ1) is 29.1. The van der Waals surface area contributed by atoms with Crippen molar-refractivity contribution in [2.24, 2.45) is 0 Å². The summed E-state index contributed by atoms with van der Waals surface area (Å²) in [5.74, 6) is -2.40. The van der Waals surface area contributed by atoms with Gasteiger partial charge in [0.05, 0.1) is 12.9 Å². The molecule has 1 fully saturated rings. The van der Waals surface area contributed by atoms with Gasteiger partial charge in [-0.1, -0.05) is 36.4 Å². The van der Waals surface area contributed by atoms with E-state index in [0.29, 0.717) is 37.5 Å². The zero-order valence-electron chi connectivity index (χ0n) is 19.6. The second kappa shape index (κ2) is 13.2. The van der Waals surface area contributed by atoms with Gasteiger partial charge >= 0.3 is 12.1 Å². The van der Waals surface area contributed by atoms with Gasteiger partial charge in [-0.3, -0.25) is 4.79 Å². The Bertz CT molecular complexity index is 1110. The SMILES string of the molecule is COc1ccccc1CN(CCS(=O)(=O)N1CCNCC1)C(=O)c1ccccc1.O=C(O)C(F)(F)F. The fourth-order valence-electron chi connectivity index (χ4n) is 3.33. The van der Waals surface area contributed by atoms with Crippen LogP contribution < -0.4 is 10.1 Å². The number of amides is 1. The second-order valence-corrected chi connectivity index (χ2v) is 9.76. The lowest BCUT2D eigenvalue weighted by Gasteiger charge is -2.29. The van der Waals surface area contributed by atoms with E-state index in [9.17, 15) is 26.4 Å². The molecule has 0 bridgehead atoms. The molecule has 0 spiro atoms. The summed E-state index contributed by atoms with van der Waals surface area (Å²) >= 11 is 0. The monoisotopic (exact) mass is 531 g/mol. The number of aliphatic carboxylic acids is 1. The Balaban J connectivity index is 0.000000572. The number of benzene rings is 2. The number of methoxy groups -OCH3 is 1. The normalized spacial score (nSPS) is 14.3. The zero-order valence-corrected chi connectivity index (χ0v) is 20.4. The lowest BCUT2D eigenvalue weighted by atomic mass is 10.1. The number of carbonyl (C=O) groups is 2. The highest BCUT2D eigenvalue weighted by Crippen LogP contribution is 2.21. The number of carboxylic acids is 1. The van der Waals surface area contributed by atoms with Gasteiger partial charge < -0.3 is 20.1 Å². The summed E-state index contributed by atoms with van der Waals surface area (Å²) in [7, 11) is -1.85. The van der Waals surface area contributed by atoms with Crippen LogP contribution in [0.15, 0.2) is 54.6 Å². The van der Waals surface area contributed by atoms with Crippen molar-refractivity contribution in [3.8, 4) is 5.75 Å². The molecule has 1 aliphatic rings. The fraction of sp³-hybridized carbons (Fsp3) is 0.391. The van der Waals surface area contributed by atoms with Crippen LogP contribution >= 0.6 is 0 Å². The predicted molar refractivity (Wildman–Crippen MR) is 126 cm³/mol. The minimum atomic E-state index is -5.08. The molecule has 3 rings (SSSR count). The van der Waals surface area contributed by atoms with Crippen molar-refractivity contribution in [2.75, 3.05) is 45.6 Å². The van der Waals surface area contributed by atoms with E-state index in [1.807, 2.05) is 30.3 Å². The number of carbonyl (C=O) groups excluding carboxylic acids is 1. The van der Waals surface area contributed by atoms with E-state index in [2.05, 4.69) is 5.32 Å². The molecule has 198 valence electrons. The number of carboxylic acid groups (broad SMARTS) is 1. The summed E-state index contributed by atoms with van der Waals surface area (Å²) in [6.07, 6.45) is -5.08. The Morgan fingerprint density at radius 1 is 1.06 bits per heavy atom. The van der Waals surface area contributed by atoms with Gasteiger partial charge in [-0.05, 0) is 18.2 Å². The number of rotatable bonds is 8. The number of ether oxygens (including phenoxy) is 1. The number of nitrogens with zero attached hydrogens (tertiary/aromatic N) is 2. The molecule has 1 heterocycles. The van der Waals surface area contributed by atoms with Crippen LogP contribution in [-0.2, 0) is 21.4 Å². The molecule has 2 aromatic carbocycles. The van der Waals surface area contributed by atoms with Crippen LogP contribution in [0.3, 0.4) is 0 Å². The van der Waals surface area contributed by atoms with Gasteiger partial charge in [0, 0.05) is 50.4 Å². The molecule has 1 saturated heterocycles. The van der Waals surface area contributed by atoms with Crippen molar-refractivity contribution < 1.29 is 41.0 Å². The fourth-order valence-corrected chi connectivity index (χ4v) is 4.78. The number of hydrogen-bond acceptors (Lipinski definition) is 6. The predicted octanol–water partition coefficient (Wildman–Crippen LogP) is 2.21. The summed E-state index contributed by atoms with van der Waals surface area (Å²) in [5.41, 5.74) is 1.36. The third kappa shape index (κ3) is 8.81. The van der Waals surface area contributed by atoms with Crippen molar-refractivity contribution in [3.05, 3.63) is 65.7 Å². The van der Waals surface area contributed by atoms with E-state index in [4.69, 9.17) is 14.6 Å². The van der Waals surface area contributed by atoms with Gasteiger partial charge in [-0.25, -0.2) is 13.2 Å². The molecule has 0 atom stereocenters. The molecule has 0 saturated carbocycles. The van der Waals surface area contributed by atoms with E-state index >= 15 is 0 Å². The molecule has 2 aromatic rings. The van der Waals surface area contributed by atoms with Gasteiger partial charge in [0.15, 0.2) is 0 Å². The third-order valence-electron chi connectivity index (χ3n) is 5.19. The van der Waals surface area contributed by atoms with Crippen LogP contribution in [0.1, 0.15) is 15.9 Å². The molecular formula is C23H28F3N3O6S. The average Bonchev–Trinajstić information content (AvgIpc) is 2.87. The van der Waals surface area contributed by atoms with E-state index < -0.39 is 22.2 Å². The molecule has 2 N–H and O–H groups in total. The van der Waals surface area contributed by atoms with Gasteiger partial charge in [0.1, 0.15) is 5.75 Å². The summed E-state index contributed by atoms with van der Waals surface area (Å²) in [6.45, 7) is 2.59. The number of halogens is 3. The van der Waals surface area contributed by atoms with Gasteiger partial charge in [0.25, 0.3) is 5.91 Å². The van der Waals surface area contributed by atoms with E-state index in [1.54, 1.807) is 36.3 Å². The van der Waals surface area contributed by atoms with Crippen LogP contribution in [-0.4, -0.2) is 86.4 Å². The first-order chi connectivity index (χ1) is 17.0. The topological polar surface area (TPSA) is 116 Å². The lowest BCUT2D eigenvalue weighted by Crippen LogP contribution is -2.48. The maximum Gasteiger partial charge on any atom is 0.490 e. The highest BCUT2D eigenvalue weighted by atomic mass is 32.2. The number of para-hydroxylation sites is 1. The van der Waals surface area contributed by atoms with Crippen LogP contribution in [0.25, 0.3) is 0 Å². The molecule has 0 aromatic heterocycles. The van der Waals surface area contributed by atoms with E-state index in [0.717, 1.165) is 5.56 Å². The van der Waals surface area contributed by atoms with Crippen LogP contribution in [0.4, 0.5) is 13.2 Å². The van der Waals surface area contributed by atoms with Crippen molar-refractivity contribution in [1.29, 1.82) is 0 Å². The van der Waals surface area contributed by atoms with Crippen molar-refractivity contribution in [2.45, 2.75) is 12.7 Å². The Kier molecular flexibility index (Phi) is 10.7.